The van der Waals surface area contributed by atoms with Gasteiger partial charge in [-0.2, -0.15) is 0 Å². The van der Waals surface area contributed by atoms with E-state index in [1.807, 2.05) is 12.1 Å². The minimum absolute atomic E-state index is 0.174. The van der Waals surface area contributed by atoms with Crippen LogP contribution in [0.4, 0.5) is 4.39 Å². The van der Waals surface area contributed by atoms with Crippen molar-refractivity contribution in [1.29, 1.82) is 0 Å². The zero-order chi connectivity index (χ0) is 13.7. The molecule has 1 aliphatic heterocycles. The second kappa shape index (κ2) is 6.87. The molecular formula is C15H23FN2O. The number of piperidine rings is 1. The van der Waals surface area contributed by atoms with Crippen molar-refractivity contribution in [3.63, 3.8) is 0 Å². The van der Waals surface area contributed by atoms with Crippen LogP contribution >= 0.6 is 0 Å². The molecule has 0 spiro atoms. The van der Waals surface area contributed by atoms with E-state index in [9.17, 15) is 4.39 Å². The quantitative estimate of drug-likeness (QED) is 0.885. The van der Waals surface area contributed by atoms with Crippen molar-refractivity contribution < 1.29 is 9.13 Å². The predicted molar refractivity (Wildman–Crippen MR) is 74.9 cm³/mol. The van der Waals surface area contributed by atoms with Gasteiger partial charge >= 0.3 is 0 Å². The summed E-state index contributed by atoms with van der Waals surface area (Å²) < 4.78 is 19.0. The maximum Gasteiger partial charge on any atom is 0.131 e. The zero-order valence-corrected chi connectivity index (χ0v) is 11.8. The lowest BCUT2D eigenvalue weighted by Gasteiger charge is -2.34. The average Bonchev–Trinajstić information content (AvgIpc) is 2.47. The summed E-state index contributed by atoms with van der Waals surface area (Å²) in [6.07, 6.45) is 2.29. The van der Waals surface area contributed by atoms with E-state index in [0.717, 1.165) is 38.0 Å². The number of methoxy groups -OCH3 is 1. The monoisotopic (exact) mass is 266 g/mol. The van der Waals surface area contributed by atoms with Crippen molar-refractivity contribution in [3.8, 4) is 5.75 Å². The van der Waals surface area contributed by atoms with E-state index in [1.54, 1.807) is 7.11 Å². The summed E-state index contributed by atoms with van der Waals surface area (Å²) in [5.41, 5.74) is 0.751. The molecule has 4 heteroatoms. The topological polar surface area (TPSA) is 24.5 Å². The number of rotatable bonds is 5. The third-order valence-electron chi connectivity index (χ3n) is 3.86. The first kappa shape index (κ1) is 14.3. The van der Waals surface area contributed by atoms with Crippen LogP contribution in [0.2, 0.25) is 0 Å². The summed E-state index contributed by atoms with van der Waals surface area (Å²) >= 11 is 0. The number of nitrogens with one attached hydrogen (secondary N) is 1. The Kier molecular flexibility index (Phi) is 5.16. The molecule has 1 heterocycles. The maximum absolute atomic E-state index is 14.0. The molecule has 1 aromatic carbocycles. The van der Waals surface area contributed by atoms with E-state index in [2.05, 4.69) is 17.1 Å². The Balaban J connectivity index is 2.04. The van der Waals surface area contributed by atoms with Crippen LogP contribution in [0.15, 0.2) is 18.2 Å². The van der Waals surface area contributed by atoms with E-state index in [1.165, 1.54) is 6.07 Å². The lowest BCUT2D eigenvalue weighted by molar-refractivity contribution is 0.160. The number of hydrogen-bond donors (Lipinski definition) is 1. The van der Waals surface area contributed by atoms with Gasteiger partial charge in [-0.15, -0.1) is 0 Å². The smallest absolute Gasteiger partial charge is 0.131 e. The minimum atomic E-state index is -0.174. The summed E-state index contributed by atoms with van der Waals surface area (Å²) in [7, 11) is 1.56. The highest BCUT2D eigenvalue weighted by Gasteiger charge is 2.20. The molecule has 2 rings (SSSR count). The fraction of sp³-hybridized carbons (Fsp3) is 0.600. The molecule has 0 saturated carbocycles. The number of hydrogen-bond acceptors (Lipinski definition) is 3. The molecule has 1 aliphatic rings. The van der Waals surface area contributed by atoms with Crippen LogP contribution in [-0.4, -0.2) is 37.7 Å². The molecule has 0 unspecified atom stereocenters. The van der Waals surface area contributed by atoms with Crippen LogP contribution in [0.1, 0.15) is 25.3 Å². The highest BCUT2D eigenvalue weighted by atomic mass is 19.1. The van der Waals surface area contributed by atoms with E-state index in [-0.39, 0.29) is 5.82 Å². The Morgan fingerprint density at radius 2 is 2.11 bits per heavy atom. The SMILES string of the molecule is CCN(Cc1ccc(OC)cc1F)C1CCNCC1. The summed E-state index contributed by atoms with van der Waals surface area (Å²) in [6.45, 7) is 5.90. The molecule has 1 aromatic rings. The van der Waals surface area contributed by atoms with Gasteiger partial charge in [0.1, 0.15) is 11.6 Å². The van der Waals surface area contributed by atoms with Gasteiger partial charge in [0.15, 0.2) is 0 Å². The molecule has 1 saturated heterocycles. The fourth-order valence-electron chi connectivity index (χ4n) is 2.67. The molecule has 3 nitrogen and oxygen atoms in total. The van der Waals surface area contributed by atoms with E-state index < -0.39 is 0 Å². The van der Waals surface area contributed by atoms with Crippen LogP contribution in [0.3, 0.4) is 0 Å². The standard InChI is InChI=1S/C15H23FN2O/c1-3-18(13-6-8-17-9-7-13)11-12-4-5-14(19-2)10-15(12)16/h4-5,10,13,17H,3,6-9,11H2,1-2H3. The number of nitrogens with zero attached hydrogens (tertiary/aromatic N) is 1. The third-order valence-corrected chi connectivity index (χ3v) is 3.86. The summed E-state index contributed by atoms with van der Waals surface area (Å²) in [6, 6.07) is 5.69. The first-order valence-electron chi connectivity index (χ1n) is 7.01. The van der Waals surface area contributed by atoms with Gasteiger partial charge in [0.05, 0.1) is 7.11 Å². The predicted octanol–water partition coefficient (Wildman–Crippen LogP) is 2.41. The van der Waals surface area contributed by atoms with Crippen molar-refractivity contribution in [2.45, 2.75) is 32.4 Å². The Morgan fingerprint density at radius 1 is 1.37 bits per heavy atom. The van der Waals surface area contributed by atoms with Gasteiger partial charge in [0, 0.05) is 24.2 Å². The molecule has 0 radical (unpaired) electrons. The number of ether oxygens (including phenoxy) is 1. The van der Waals surface area contributed by atoms with Crippen LogP contribution in [0.25, 0.3) is 0 Å². The van der Waals surface area contributed by atoms with Gasteiger partial charge in [0.2, 0.25) is 0 Å². The van der Waals surface area contributed by atoms with Crippen LogP contribution in [0, 0.1) is 5.82 Å². The fourth-order valence-corrected chi connectivity index (χ4v) is 2.67. The first-order chi connectivity index (χ1) is 9.24. The molecule has 106 valence electrons. The Labute approximate surface area is 114 Å². The van der Waals surface area contributed by atoms with Crippen molar-refractivity contribution >= 4 is 0 Å². The number of halogens is 1. The Hall–Kier alpha value is -1.13. The lowest BCUT2D eigenvalue weighted by atomic mass is 10.0. The first-order valence-corrected chi connectivity index (χ1v) is 7.01. The van der Waals surface area contributed by atoms with Gasteiger partial charge in [0.25, 0.3) is 0 Å². The van der Waals surface area contributed by atoms with Crippen molar-refractivity contribution in [2.24, 2.45) is 0 Å². The van der Waals surface area contributed by atoms with Crippen LogP contribution < -0.4 is 10.1 Å². The van der Waals surface area contributed by atoms with E-state index >= 15 is 0 Å². The van der Waals surface area contributed by atoms with E-state index in [0.29, 0.717) is 18.3 Å². The summed E-state index contributed by atoms with van der Waals surface area (Å²) in [4.78, 5) is 2.37. The van der Waals surface area contributed by atoms with Gasteiger partial charge in [-0.1, -0.05) is 13.0 Å². The van der Waals surface area contributed by atoms with Crippen LogP contribution in [-0.2, 0) is 6.54 Å². The summed E-state index contributed by atoms with van der Waals surface area (Å²) in [5, 5.41) is 3.37. The molecule has 19 heavy (non-hydrogen) atoms. The third kappa shape index (κ3) is 3.67. The average molecular weight is 266 g/mol. The Bertz CT molecular complexity index is 405. The number of benzene rings is 1. The molecule has 0 bridgehead atoms. The molecule has 0 amide bonds. The zero-order valence-electron chi connectivity index (χ0n) is 11.8. The van der Waals surface area contributed by atoms with Gasteiger partial charge in [-0.25, -0.2) is 4.39 Å². The molecule has 0 aliphatic carbocycles. The highest BCUT2D eigenvalue weighted by molar-refractivity contribution is 5.28. The highest BCUT2D eigenvalue weighted by Crippen LogP contribution is 2.20. The molecular weight excluding hydrogens is 243 g/mol. The van der Waals surface area contributed by atoms with Crippen molar-refractivity contribution in [1.82, 2.24) is 10.2 Å². The normalized spacial score (nSPS) is 16.8. The summed E-state index contributed by atoms with van der Waals surface area (Å²) in [5.74, 6) is 0.401. The van der Waals surface area contributed by atoms with Gasteiger partial charge in [-0.05, 0) is 38.5 Å². The lowest BCUT2D eigenvalue weighted by Crippen LogP contribution is -2.42. The molecule has 0 atom stereocenters. The molecule has 1 N–H and O–H groups in total. The van der Waals surface area contributed by atoms with Crippen molar-refractivity contribution in [2.75, 3.05) is 26.7 Å². The largest absolute Gasteiger partial charge is 0.497 e. The van der Waals surface area contributed by atoms with Gasteiger partial charge in [-0.3, -0.25) is 4.90 Å². The second-order valence-corrected chi connectivity index (χ2v) is 5.00. The maximum atomic E-state index is 14.0. The van der Waals surface area contributed by atoms with Gasteiger partial charge < -0.3 is 10.1 Å². The Morgan fingerprint density at radius 3 is 2.68 bits per heavy atom. The van der Waals surface area contributed by atoms with Crippen molar-refractivity contribution in [3.05, 3.63) is 29.6 Å². The second-order valence-electron chi connectivity index (χ2n) is 5.00. The minimum Gasteiger partial charge on any atom is -0.497 e. The van der Waals surface area contributed by atoms with E-state index in [4.69, 9.17) is 4.74 Å². The van der Waals surface area contributed by atoms with Crippen LogP contribution in [0.5, 0.6) is 5.75 Å². The molecule has 1 fully saturated rings. The molecule has 0 aromatic heterocycles.